The van der Waals surface area contributed by atoms with Gasteiger partial charge in [0.1, 0.15) is 6.04 Å². The van der Waals surface area contributed by atoms with Gasteiger partial charge in [0.25, 0.3) is 5.91 Å². The number of carbonyl (C=O) groups is 3. The summed E-state index contributed by atoms with van der Waals surface area (Å²) < 4.78 is 69.1. The van der Waals surface area contributed by atoms with Crippen LogP contribution in [0.1, 0.15) is 63.4 Å². The van der Waals surface area contributed by atoms with Crippen molar-refractivity contribution >= 4 is 40.7 Å². The van der Waals surface area contributed by atoms with Crippen LogP contribution in [-0.2, 0) is 16.1 Å². The molecule has 46 heavy (non-hydrogen) atoms. The summed E-state index contributed by atoms with van der Waals surface area (Å²) in [5, 5.41) is 7.99. The molecule has 3 N–H and O–H groups in total. The number of amides is 3. The van der Waals surface area contributed by atoms with Crippen molar-refractivity contribution in [1.29, 1.82) is 0 Å². The second-order valence-electron chi connectivity index (χ2n) is 12.3. The van der Waals surface area contributed by atoms with Gasteiger partial charge in [0.15, 0.2) is 11.6 Å². The molecule has 1 saturated heterocycles. The molecule has 254 valence electrons. The van der Waals surface area contributed by atoms with Gasteiger partial charge in [-0.05, 0) is 42.5 Å². The highest BCUT2D eigenvalue weighted by Gasteiger charge is 2.33. The van der Waals surface area contributed by atoms with Crippen LogP contribution in [0.3, 0.4) is 0 Å². The van der Waals surface area contributed by atoms with Gasteiger partial charge in [-0.3, -0.25) is 19.3 Å². The average molecular weight is 674 g/mol. The lowest BCUT2D eigenvalue weighted by molar-refractivity contribution is -0.139. The summed E-state index contributed by atoms with van der Waals surface area (Å²) in [6.07, 6.45) is -4.53. The molecule has 0 aliphatic carbocycles. The highest BCUT2D eigenvalue weighted by Crippen LogP contribution is 2.33. The minimum Gasteiger partial charge on any atom is -0.367 e. The maximum Gasteiger partial charge on any atom is 0.390 e. The predicted molar refractivity (Wildman–Crippen MR) is 168 cm³/mol. The van der Waals surface area contributed by atoms with Crippen LogP contribution in [0.2, 0.25) is 5.02 Å². The van der Waals surface area contributed by atoms with Gasteiger partial charge in [-0.25, -0.2) is 8.78 Å². The van der Waals surface area contributed by atoms with Crippen LogP contribution in [0, 0.1) is 23.5 Å². The van der Waals surface area contributed by atoms with E-state index in [0.29, 0.717) is 36.8 Å². The van der Waals surface area contributed by atoms with Crippen molar-refractivity contribution in [2.24, 2.45) is 11.8 Å². The van der Waals surface area contributed by atoms with Crippen LogP contribution in [0.5, 0.6) is 0 Å². The Morgan fingerprint density at radius 3 is 2.33 bits per heavy atom. The normalized spacial score (nSPS) is 16.5. The zero-order valence-corrected chi connectivity index (χ0v) is 27.3. The Morgan fingerprint density at radius 1 is 1.02 bits per heavy atom. The third kappa shape index (κ3) is 10.3. The van der Waals surface area contributed by atoms with Crippen molar-refractivity contribution in [2.75, 3.05) is 36.4 Å². The molecule has 0 radical (unpaired) electrons. The Hall–Kier alpha value is -3.45. The van der Waals surface area contributed by atoms with Gasteiger partial charge >= 0.3 is 6.18 Å². The maximum atomic E-state index is 15.2. The summed E-state index contributed by atoms with van der Waals surface area (Å²) in [7, 11) is 0. The molecule has 2 aromatic rings. The number of nitrogens with one attached hydrogen (secondary N) is 3. The number of benzene rings is 2. The van der Waals surface area contributed by atoms with E-state index in [0.717, 1.165) is 6.07 Å². The van der Waals surface area contributed by atoms with Crippen molar-refractivity contribution in [3.63, 3.8) is 0 Å². The van der Waals surface area contributed by atoms with Gasteiger partial charge in [-0.15, -0.1) is 0 Å². The van der Waals surface area contributed by atoms with Crippen LogP contribution >= 0.6 is 11.6 Å². The summed E-state index contributed by atoms with van der Waals surface area (Å²) >= 11 is 6.28. The second-order valence-corrected chi connectivity index (χ2v) is 12.7. The Kier molecular flexibility index (Phi) is 12.8. The fourth-order valence-corrected chi connectivity index (χ4v) is 5.62. The van der Waals surface area contributed by atoms with Gasteiger partial charge in [-0.1, -0.05) is 45.4 Å². The monoisotopic (exact) mass is 673 g/mol. The summed E-state index contributed by atoms with van der Waals surface area (Å²) in [4.78, 5) is 40.9. The van der Waals surface area contributed by atoms with Crippen molar-refractivity contribution < 1.29 is 36.3 Å². The molecule has 0 bridgehead atoms. The first kappa shape index (κ1) is 37.0. The molecule has 0 unspecified atom stereocenters. The van der Waals surface area contributed by atoms with Crippen LogP contribution in [0.4, 0.5) is 33.3 Å². The minimum atomic E-state index is -4.27. The van der Waals surface area contributed by atoms with Gasteiger partial charge in [0, 0.05) is 56.3 Å². The number of rotatable bonds is 12. The zero-order chi connectivity index (χ0) is 34.3. The molecule has 2 aromatic carbocycles. The van der Waals surface area contributed by atoms with Gasteiger partial charge in [-0.2, -0.15) is 13.2 Å². The van der Waals surface area contributed by atoms with Crippen LogP contribution < -0.4 is 20.9 Å². The molecule has 3 amide bonds. The van der Waals surface area contributed by atoms with E-state index in [1.54, 1.807) is 19.9 Å². The van der Waals surface area contributed by atoms with Gasteiger partial charge < -0.3 is 20.9 Å². The van der Waals surface area contributed by atoms with Crippen molar-refractivity contribution in [2.45, 2.75) is 72.3 Å². The molecule has 0 spiro atoms. The first-order chi connectivity index (χ1) is 21.5. The molecule has 2 atom stereocenters. The molecule has 8 nitrogen and oxygen atoms in total. The standard InChI is InChI=1S/C32H41ClF5N5O3/c1-18(2)14-23-17-43(13-12-42(23)11-10-32(36,37)38)26-15-22(33)7-9-25(26)41-30(45)24-8-6-21(27(34)28(24)35)16-39-31(46)29(19(3)4)40-20(5)44/h6-9,15,18-19,23,29H,10-14,16-17H2,1-5H3,(H,39,46)(H,40,44)(H,41,45)/t23-,29+/m0/s1. The summed E-state index contributed by atoms with van der Waals surface area (Å²) in [5.41, 5.74) is 0.0142. The highest BCUT2D eigenvalue weighted by atomic mass is 35.5. The number of nitrogens with zero attached hydrogens (tertiary/aromatic N) is 2. The van der Waals surface area contributed by atoms with Gasteiger partial charge in [0.05, 0.1) is 23.4 Å². The zero-order valence-electron chi connectivity index (χ0n) is 26.5. The number of hydrogen-bond donors (Lipinski definition) is 3. The van der Waals surface area contributed by atoms with E-state index in [2.05, 4.69) is 16.0 Å². The molecule has 1 aliphatic heterocycles. The topological polar surface area (TPSA) is 93.8 Å². The molecule has 1 heterocycles. The molecular weight excluding hydrogens is 633 g/mol. The quantitative estimate of drug-likeness (QED) is 0.236. The van der Waals surface area contributed by atoms with Crippen molar-refractivity contribution in [3.05, 3.63) is 58.1 Å². The van der Waals surface area contributed by atoms with E-state index in [4.69, 9.17) is 11.6 Å². The molecule has 1 aliphatic rings. The Balaban J connectivity index is 1.77. The average Bonchev–Trinajstić information content (AvgIpc) is 2.95. The number of alkyl halides is 3. The lowest BCUT2D eigenvalue weighted by Gasteiger charge is -2.43. The summed E-state index contributed by atoms with van der Waals surface area (Å²) in [5.74, 6) is -4.66. The van der Waals surface area contributed by atoms with E-state index >= 15 is 8.78 Å². The van der Waals surface area contributed by atoms with E-state index < -0.39 is 53.6 Å². The predicted octanol–water partition coefficient (Wildman–Crippen LogP) is 6.14. The van der Waals surface area contributed by atoms with Gasteiger partial charge in [0.2, 0.25) is 11.8 Å². The summed E-state index contributed by atoms with van der Waals surface area (Å²) in [6.45, 7) is 9.30. The lowest BCUT2D eigenvalue weighted by Crippen LogP contribution is -2.54. The summed E-state index contributed by atoms with van der Waals surface area (Å²) in [6, 6.07) is 5.91. The number of piperazine rings is 1. The number of anilines is 2. The molecule has 0 aromatic heterocycles. The molecule has 14 heteroatoms. The van der Waals surface area contributed by atoms with E-state index in [1.165, 1.54) is 25.1 Å². The number of carbonyl (C=O) groups excluding carboxylic acids is 3. The molecule has 0 saturated carbocycles. The fraction of sp³-hybridized carbons (Fsp3) is 0.531. The Morgan fingerprint density at radius 2 is 1.72 bits per heavy atom. The largest absolute Gasteiger partial charge is 0.390 e. The van der Waals surface area contributed by atoms with Crippen molar-refractivity contribution in [1.82, 2.24) is 15.5 Å². The number of halogens is 6. The smallest absolute Gasteiger partial charge is 0.367 e. The fourth-order valence-electron chi connectivity index (χ4n) is 5.45. The Bertz CT molecular complexity index is 1400. The lowest BCUT2D eigenvalue weighted by atomic mass is 9.99. The van der Waals surface area contributed by atoms with E-state index in [9.17, 15) is 27.6 Å². The van der Waals surface area contributed by atoms with Crippen LogP contribution in [0.25, 0.3) is 0 Å². The highest BCUT2D eigenvalue weighted by molar-refractivity contribution is 6.31. The third-order valence-corrected chi connectivity index (χ3v) is 7.98. The SMILES string of the molecule is CC(=O)N[C@@H](C(=O)NCc1ccc(C(=O)Nc2ccc(Cl)cc2N2CCN(CCC(F)(F)F)[C@@H](CC(C)C)C2)c(F)c1F)C(C)C. The Labute approximate surface area is 271 Å². The first-order valence-electron chi connectivity index (χ1n) is 15.1. The molecule has 3 rings (SSSR count). The first-order valence-corrected chi connectivity index (χ1v) is 15.5. The van der Waals surface area contributed by atoms with Crippen LogP contribution in [0.15, 0.2) is 30.3 Å². The number of hydrogen-bond acceptors (Lipinski definition) is 5. The molecule has 1 fully saturated rings. The second kappa shape index (κ2) is 15.9. The van der Waals surface area contributed by atoms with Crippen LogP contribution in [-0.4, -0.2) is 67.1 Å². The molecular formula is C32H41ClF5N5O3. The van der Waals surface area contributed by atoms with E-state index in [1.807, 2.05) is 23.6 Å². The van der Waals surface area contributed by atoms with Crippen molar-refractivity contribution in [3.8, 4) is 0 Å². The minimum absolute atomic E-state index is 0.119. The maximum absolute atomic E-state index is 15.2. The van der Waals surface area contributed by atoms with E-state index in [-0.39, 0.29) is 42.2 Å². The third-order valence-electron chi connectivity index (χ3n) is 7.75.